The van der Waals surface area contributed by atoms with Gasteiger partial charge in [-0.3, -0.25) is 14.5 Å². The fourth-order valence-corrected chi connectivity index (χ4v) is 3.26. The van der Waals surface area contributed by atoms with Crippen LogP contribution in [0.3, 0.4) is 0 Å². The minimum Gasteiger partial charge on any atom is -0.359 e. The third-order valence-corrected chi connectivity index (χ3v) is 4.51. The van der Waals surface area contributed by atoms with Crippen molar-refractivity contribution in [3.8, 4) is 11.3 Å². The molecule has 25 heavy (non-hydrogen) atoms. The Kier molecular flexibility index (Phi) is 3.82. The summed E-state index contributed by atoms with van der Waals surface area (Å²) >= 11 is 12.1. The maximum absolute atomic E-state index is 12.4. The molecule has 7 heteroatoms. The van der Waals surface area contributed by atoms with Gasteiger partial charge in [-0.1, -0.05) is 40.5 Å². The lowest BCUT2D eigenvalue weighted by Crippen LogP contribution is -2.28. The Morgan fingerprint density at radius 2 is 1.60 bits per heavy atom. The highest BCUT2D eigenvalue weighted by molar-refractivity contribution is 6.36. The summed E-state index contributed by atoms with van der Waals surface area (Å²) in [6.07, 6.45) is 0. The summed E-state index contributed by atoms with van der Waals surface area (Å²) in [4.78, 5) is 25.9. The fraction of sp³-hybridized carbons (Fsp3) is 0.0556. The number of aromatic nitrogens is 1. The van der Waals surface area contributed by atoms with Gasteiger partial charge in [-0.25, -0.2) is 0 Å². The molecule has 0 saturated heterocycles. The van der Waals surface area contributed by atoms with E-state index in [0.29, 0.717) is 38.2 Å². The Morgan fingerprint density at radius 1 is 0.920 bits per heavy atom. The molecule has 0 N–H and O–H groups in total. The van der Waals surface area contributed by atoms with E-state index in [0.717, 1.165) is 4.90 Å². The molecule has 2 heterocycles. The van der Waals surface area contributed by atoms with Crippen LogP contribution in [0.2, 0.25) is 10.0 Å². The summed E-state index contributed by atoms with van der Waals surface area (Å²) < 4.78 is 5.27. The van der Waals surface area contributed by atoms with Crippen LogP contribution in [0, 0.1) is 0 Å². The average Bonchev–Trinajstić information content (AvgIpc) is 3.15. The minimum atomic E-state index is -0.344. The Bertz CT molecular complexity index is 978. The number of nitrogens with zero attached hydrogens (tertiary/aromatic N) is 2. The normalized spacial score (nSPS) is 13.4. The topological polar surface area (TPSA) is 63.4 Å². The molecule has 0 bridgehead atoms. The fourth-order valence-electron chi connectivity index (χ4n) is 2.75. The Hall–Kier alpha value is -2.63. The summed E-state index contributed by atoms with van der Waals surface area (Å²) in [5.74, 6) is -0.304. The largest absolute Gasteiger partial charge is 0.359 e. The second-order valence-corrected chi connectivity index (χ2v) is 6.39. The number of rotatable bonds is 3. The highest BCUT2D eigenvalue weighted by atomic mass is 35.5. The highest BCUT2D eigenvalue weighted by Gasteiger charge is 2.35. The number of hydrogen-bond acceptors (Lipinski definition) is 4. The first kappa shape index (κ1) is 15.9. The number of halogens is 2. The van der Waals surface area contributed by atoms with Crippen molar-refractivity contribution in [1.29, 1.82) is 0 Å². The molecule has 0 spiro atoms. The van der Waals surface area contributed by atoms with Crippen molar-refractivity contribution in [2.24, 2.45) is 0 Å². The van der Waals surface area contributed by atoms with Gasteiger partial charge in [0.15, 0.2) is 5.76 Å². The van der Waals surface area contributed by atoms with Crippen LogP contribution in [0.15, 0.2) is 53.1 Å². The molecule has 2 amide bonds. The molecule has 4 rings (SSSR count). The first-order valence-corrected chi connectivity index (χ1v) is 8.16. The van der Waals surface area contributed by atoms with Crippen molar-refractivity contribution in [3.63, 3.8) is 0 Å². The van der Waals surface area contributed by atoms with Crippen LogP contribution in [0.1, 0.15) is 26.5 Å². The third-order valence-electron chi connectivity index (χ3n) is 3.96. The molecule has 0 radical (unpaired) electrons. The van der Waals surface area contributed by atoms with Crippen molar-refractivity contribution in [1.82, 2.24) is 10.1 Å². The zero-order valence-electron chi connectivity index (χ0n) is 12.7. The maximum Gasteiger partial charge on any atom is 0.261 e. The van der Waals surface area contributed by atoms with E-state index in [1.165, 1.54) is 0 Å². The van der Waals surface area contributed by atoms with Crippen molar-refractivity contribution in [3.05, 3.63) is 75.5 Å². The van der Waals surface area contributed by atoms with Gasteiger partial charge in [0.1, 0.15) is 5.69 Å². The first-order valence-electron chi connectivity index (χ1n) is 7.41. The molecule has 0 fully saturated rings. The molecule has 0 saturated carbocycles. The van der Waals surface area contributed by atoms with E-state index in [1.54, 1.807) is 48.5 Å². The summed E-state index contributed by atoms with van der Waals surface area (Å²) in [6, 6.07) is 13.4. The molecule has 1 aromatic heterocycles. The molecule has 1 aliphatic rings. The van der Waals surface area contributed by atoms with Gasteiger partial charge in [-0.2, -0.15) is 0 Å². The third kappa shape index (κ3) is 2.71. The van der Waals surface area contributed by atoms with Crippen LogP contribution in [0.5, 0.6) is 0 Å². The van der Waals surface area contributed by atoms with Crippen LogP contribution in [0.4, 0.5) is 0 Å². The van der Waals surface area contributed by atoms with Crippen molar-refractivity contribution in [2.75, 3.05) is 0 Å². The zero-order valence-corrected chi connectivity index (χ0v) is 14.2. The summed E-state index contributed by atoms with van der Waals surface area (Å²) in [5.41, 5.74) is 1.96. The molecule has 5 nitrogen and oxygen atoms in total. The van der Waals surface area contributed by atoms with Gasteiger partial charge < -0.3 is 4.52 Å². The number of amides is 2. The van der Waals surface area contributed by atoms with Gasteiger partial charge in [0, 0.05) is 16.7 Å². The number of fused-ring (bicyclic) bond motifs is 1. The number of imide groups is 1. The van der Waals surface area contributed by atoms with E-state index in [1.807, 2.05) is 0 Å². The Labute approximate surface area is 152 Å². The lowest BCUT2D eigenvalue weighted by Gasteiger charge is -2.10. The predicted molar refractivity (Wildman–Crippen MR) is 92.6 cm³/mol. The standard InChI is InChI=1S/C18H10Cl2N2O3/c19-10-5-6-14(15(20)7-10)16-8-11(25-21-16)9-22-17(23)12-3-1-2-4-13(12)18(22)24/h1-8H,9H2. The smallest absolute Gasteiger partial charge is 0.261 e. The van der Waals surface area contributed by atoms with E-state index >= 15 is 0 Å². The zero-order chi connectivity index (χ0) is 17.6. The molecule has 0 atom stereocenters. The van der Waals surface area contributed by atoms with E-state index in [9.17, 15) is 9.59 Å². The maximum atomic E-state index is 12.4. The first-order chi connectivity index (χ1) is 12.0. The van der Waals surface area contributed by atoms with Crippen LogP contribution in [-0.4, -0.2) is 21.9 Å². The van der Waals surface area contributed by atoms with Gasteiger partial charge in [0.05, 0.1) is 22.7 Å². The Morgan fingerprint density at radius 3 is 2.24 bits per heavy atom. The summed E-state index contributed by atoms with van der Waals surface area (Å²) in [6.45, 7) is 0.00452. The van der Waals surface area contributed by atoms with E-state index in [4.69, 9.17) is 27.7 Å². The van der Waals surface area contributed by atoms with Gasteiger partial charge in [-0.05, 0) is 30.3 Å². The second kappa shape index (κ2) is 6.02. The molecule has 0 aliphatic carbocycles. The van der Waals surface area contributed by atoms with E-state index in [2.05, 4.69) is 5.16 Å². The molecule has 3 aromatic rings. The number of hydrogen-bond donors (Lipinski definition) is 0. The van der Waals surface area contributed by atoms with Crippen LogP contribution in [-0.2, 0) is 6.54 Å². The monoisotopic (exact) mass is 372 g/mol. The molecule has 2 aromatic carbocycles. The quantitative estimate of drug-likeness (QED) is 0.637. The molecular formula is C18H10Cl2N2O3. The minimum absolute atomic E-state index is 0.00452. The van der Waals surface area contributed by atoms with Gasteiger partial charge in [0.2, 0.25) is 0 Å². The Balaban J connectivity index is 1.60. The van der Waals surface area contributed by atoms with Gasteiger partial charge in [0.25, 0.3) is 11.8 Å². The molecule has 1 aliphatic heterocycles. The van der Waals surface area contributed by atoms with Crippen molar-refractivity contribution < 1.29 is 14.1 Å². The summed E-state index contributed by atoms with van der Waals surface area (Å²) in [5, 5.41) is 4.92. The molecule has 0 unspecified atom stereocenters. The number of carbonyl (C=O) groups is 2. The lowest BCUT2D eigenvalue weighted by molar-refractivity contribution is 0.0628. The van der Waals surface area contributed by atoms with Gasteiger partial charge >= 0.3 is 0 Å². The molecule has 124 valence electrons. The number of benzene rings is 2. The van der Waals surface area contributed by atoms with Crippen LogP contribution in [0.25, 0.3) is 11.3 Å². The molecular weight excluding hydrogens is 363 g/mol. The lowest BCUT2D eigenvalue weighted by atomic mass is 10.1. The van der Waals surface area contributed by atoms with Crippen LogP contribution >= 0.6 is 23.2 Å². The summed E-state index contributed by atoms with van der Waals surface area (Å²) in [7, 11) is 0. The average molecular weight is 373 g/mol. The second-order valence-electron chi connectivity index (χ2n) is 5.54. The highest BCUT2D eigenvalue weighted by Crippen LogP contribution is 2.31. The SMILES string of the molecule is O=C1c2ccccc2C(=O)N1Cc1cc(-c2ccc(Cl)cc2Cl)no1. The van der Waals surface area contributed by atoms with E-state index < -0.39 is 0 Å². The van der Waals surface area contributed by atoms with Crippen LogP contribution < -0.4 is 0 Å². The number of carbonyl (C=O) groups excluding carboxylic acids is 2. The predicted octanol–water partition coefficient (Wildman–Crippen LogP) is 4.44. The van der Waals surface area contributed by atoms with Crippen molar-refractivity contribution in [2.45, 2.75) is 6.54 Å². The van der Waals surface area contributed by atoms with E-state index in [-0.39, 0.29) is 18.4 Å². The van der Waals surface area contributed by atoms with Crippen molar-refractivity contribution >= 4 is 35.0 Å². The van der Waals surface area contributed by atoms with Gasteiger partial charge in [-0.15, -0.1) is 0 Å².